The van der Waals surface area contributed by atoms with Gasteiger partial charge in [-0.05, 0) is 36.4 Å². The van der Waals surface area contributed by atoms with Gasteiger partial charge in [0.1, 0.15) is 16.5 Å². The summed E-state index contributed by atoms with van der Waals surface area (Å²) in [6.07, 6.45) is 1.49. The lowest BCUT2D eigenvalue weighted by molar-refractivity contribution is -0.384. The number of nitro groups is 1. The van der Waals surface area contributed by atoms with E-state index >= 15 is 0 Å². The van der Waals surface area contributed by atoms with Crippen molar-refractivity contribution < 1.29 is 23.9 Å². The van der Waals surface area contributed by atoms with E-state index in [1.807, 2.05) is 0 Å². The molecule has 9 heteroatoms. The SMILES string of the molecule is COc1ccc(OC)c(/C=C2\N=C(c3ccc(Cl)c([N+](=O)[O-])c3)OC2=O)c1. The van der Waals surface area contributed by atoms with Crippen molar-refractivity contribution in [1.82, 2.24) is 0 Å². The zero-order valence-electron chi connectivity index (χ0n) is 14.3. The molecule has 1 aliphatic rings. The minimum atomic E-state index is -0.688. The van der Waals surface area contributed by atoms with Crippen LogP contribution in [0.15, 0.2) is 47.1 Å². The number of aliphatic imine (C=N–C) groups is 1. The largest absolute Gasteiger partial charge is 0.497 e. The molecule has 138 valence electrons. The third-order valence-corrected chi connectivity index (χ3v) is 4.06. The Morgan fingerprint density at radius 1 is 1.19 bits per heavy atom. The molecule has 1 aliphatic heterocycles. The van der Waals surface area contributed by atoms with Crippen LogP contribution in [0.4, 0.5) is 5.69 Å². The van der Waals surface area contributed by atoms with Gasteiger partial charge in [0.25, 0.3) is 5.69 Å². The predicted octanol–water partition coefficient (Wildman–Crippen LogP) is 3.61. The van der Waals surface area contributed by atoms with Gasteiger partial charge in [-0.2, -0.15) is 0 Å². The Labute approximate surface area is 158 Å². The lowest BCUT2D eigenvalue weighted by Crippen LogP contribution is -2.06. The number of nitrogens with zero attached hydrogens (tertiary/aromatic N) is 2. The average molecular weight is 389 g/mol. The molecule has 27 heavy (non-hydrogen) atoms. The van der Waals surface area contributed by atoms with Gasteiger partial charge in [-0.3, -0.25) is 10.1 Å². The fourth-order valence-corrected chi connectivity index (χ4v) is 2.60. The summed E-state index contributed by atoms with van der Waals surface area (Å²) in [4.78, 5) is 26.7. The van der Waals surface area contributed by atoms with E-state index in [4.69, 9.17) is 25.8 Å². The molecule has 3 rings (SSSR count). The molecule has 0 aromatic heterocycles. The maximum atomic E-state index is 12.2. The summed E-state index contributed by atoms with van der Waals surface area (Å²) in [7, 11) is 3.02. The number of ether oxygens (including phenoxy) is 3. The van der Waals surface area contributed by atoms with Gasteiger partial charge in [0.15, 0.2) is 5.70 Å². The Balaban J connectivity index is 2.01. The molecule has 0 saturated carbocycles. The van der Waals surface area contributed by atoms with Crippen molar-refractivity contribution in [2.75, 3.05) is 14.2 Å². The number of rotatable bonds is 5. The van der Waals surface area contributed by atoms with Crippen LogP contribution < -0.4 is 9.47 Å². The Morgan fingerprint density at radius 3 is 2.63 bits per heavy atom. The highest BCUT2D eigenvalue weighted by molar-refractivity contribution is 6.32. The summed E-state index contributed by atoms with van der Waals surface area (Å²) in [6, 6.07) is 9.12. The van der Waals surface area contributed by atoms with Gasteiger partial charge in [0, 0.05) is 17.2 Å². The van der Waals surface area contributed by atoms with E-state index in [-0.39, 0.29) is 27.9 Å². The van der Waals surface area contributed by atoms with Crippen LogP contribution in [-0.4, -0.2) is 31.0 Å². The van der Waals surface area contributed by atoms with Crippen LogP contribution in [0.3, 0.4) is 0 Å². The maximum absolute atomic E-state index is 12.2. The van der Waals surface area contributed by atoms with Gasteiger partial charge < -0.3 is 14.2 Å². The van der Waals surface area contributed by atoms with Crippen LogP contribution in [0, 0.1) is 10.1 Å². The quantitative estimate of drug-likeness (QED) is 0.335. The van der Waals surface area contributed by atoms with E-state index in [1.165, 1.54) is 38.5 Å². The Morgan fingerprint density at radius 2 is 1.96 bits per heavy atom. The van der Waals surface area contributed by atoms with E-state index in [0.717, 1.165) is 0 Å². The van der Waals surface area contributed by atoms with Gasteiger partial charge in [0.05, 0.1) is 19.1 Å². The van der Waals surface area contributed by atoms with Crippen LogP contribution in [0.5, 0.6) is 11.5 Å². The highest BCUT2D eigenvalue weighted by Gasteiger charge is 2.26. The van der Waals surface area contributed by atoms with Crippen molar-refractivity contribution in [1.29, 1.82) is 0 Å². The average Bonchev–Trinajstić information content (AvgIpc) is 3.02. The van der Waals surface area contributed by atoms with Crippen LogP contribution in [0.2, 0.25) is 5.02 Å². The first-order valence-electron chi connectivity index (χ1n) is 7.62. The van der Waals surface area contributed by atoms with Gasteiger partial charge in [0.2, 0.25) is 5.90 Å². The molecule has 0 fully saturated rings. The summed E-state index contributed by atoms with van der Waals surface area (Å²) in [5.74, 6) is 0.355. The second-order valence-corrected chi connectivity index (χ2v) is 5.77. The van der Waals surface area contributed by atoms with Gasteiger partial charge in [-0.25, -0.2) is 9.79 Å². The molecule has 0 atom stereocenters. The van der Waals surface area contributed by atoms with Crippen LogP contribution in [-0.2, 0) is 9.53 Å². The summed E-state index contributed by atoms with van der Waals surface area (Å²) in [5, 5.41) is 11.0. The highest BCUT2D eigenvalue weighted by atomic mass is 35.5. The van der Waals surface area contributed by atoms with Gasteiger partial charge in [-0.1, -0.05) is 11.6 Å². The Bertz CT molecular complexity index is 999. The lowest BCUT2D eigenvalue weighted by Gasteiger charge is -2.07. The van der Waals surface area contributed by atoms with Crippen molar-refractivity contribution in [3.05, 3.63) is 68.4 Å². The first-order chi connectivity index (χ1) is 12.9. The molecule has 0 N–H and O–H groups in total. The first kappa shape index (κ1) is 18.4. The van der Waals surface area contributed by atoms with Crippen molar-refractivity contribution in [2.45, 2.75) is 0 Å². The predicted molar refractivity (Wildman–Crippen MR) is 98.3 cm³/mol. The summed E-state index contributed by atoms with van der Waals surface area (Å²) >= 11 is 5.80. The topological polar surface area (TPSA) is 100 Å². The molecule has 2 aromatic carbocycles. The molecule has 0 bridgehead atoms. The number of hydrogen-bond donors (Lipinski definition) is 0. The maximum Gasteiger partial charge on any atom is 0.363 e. The Kier molecular flexibility index (Phi) is 5.09. The monoisotopic (exact) mass is 388 g/mol. The number of halogens is 1. The highest BCUT2D eigenvalue weighted by Crippen LogP contribution is 2.30. The van der Waals surface area contributed by atoms with Crippen LogP contribution in [0.25, 0.3) is 6.08 Å². The number of carbonyl (C=O) groups excluding carboxylic acids is 1. The van der Waals surface area contributed by atoms with Crippen molar-refractivity contribution in [3.63, 3.8) is 0 Å². The van der Waals surface area contributed by atoms with Gasteiger partial charge in [-0.15, -0.1) is 0 Å². The molecular formula is C18H13ClN2O6. The van der Waals surface area contributed by atoms with E-state index < -0.39 is 10.9 Å². The number of benzene rings is 2. The fraction of sp³-hybridized carbons (Fsp3) is 0.111. The number of esters is 1. The van der Waals surface area contributed by atoms with Crippen molar-refractivity contribution >= 4 is 35.2 Å². The molecule has 0 aliphatic carbocycles. The number of hydrogen-bond acceptors (Lipinski definition) is 7. The summed E-state index contributed by atoms with van der Waals surface area (Å²) in [5.41, 5.74) is 0.547. The van der Waals surface area contributed by atoms with Gasteiger partial charge >= 0.3 is 5.97 Å². The summed E-state index contributed by atoms with van der Waals surface area (Å²) in [6.45, 7) is 0. The van der Waals surface area contributed by atoms with Crippen LogP contribution >= 0.6 is 11.6 Å². The fourth-order valence-electron chi connectivity index (χ4n) is 2.42. The van der Waals surface area contributed by atoms with Crippen LogP contribution in [0.1, 0.15) is 11.1 Å². The smallest absolute Gasteiger partial charge is 0.363 e. The van der Waals surface area contributed by atoms with Crippen molar-refractivity contribution in [2.24, 2.45) is 4.99 Å². The molecule has 0 saturated heterocycles. The molecular weight excluding hydrogens is 376 g/mol. The zero-order valence-corrected chi connectivity index (χ0v) is 15.0. The standard InChI is InChI=1S/C18H13ClN2O6/c1-25-12-4-6-16(26-2)11(7-12)8-14-18(22)27-17(20-14)10-3-5-13(19)15(9-10)21(23)24/h3-9H,1-2H3/b14-8-. The van der Waals surface area contributed by atoms with E-state index in [0.29, 0.717) is 17.1 Å². The number of cyclic esters (lactones) is 1. The molecule has 0 unspecified atom stereocenters. The number of methoxy groups -OCH3 is 2. The normalized spacial score (nSPS) is 14.7. The summed E-state index contributed by atoms with van der Waals surface area (Å²) < 4.78 is 15.6. The molecule has 0 spiro atoms. The number of carbonyl (C=O) groups is 1. The second-order valence-electron chi connectivity index (χ2n) is 5.37. The van der Waals surface area contributed by atoms with E-state index in [1.54, 1.807) is 18.2 Å². The zero-order chi connectivity index (χ0) is 19.6. The second kappa shape index (κ2) is 7.46. The first-order valence-corrected chi connectivity index (χ1v) is 7.99. The lowest BCUT2D eigenvalue weighted by atomic mass is 10.1. The van der Waals surface area contributed by atoms with E-state index in [9.17, 15) is 14.9 Å². The minimum Gasteiger partial charge on any atom is -0.497 e. The third-order valence-electron chi connectivity index (χ3n) is 3.74. The molecule has 8 nitrogen and oxygen atoms in total. The molecule has 1 heterocycles. The minimum absolute atomic E-state index is 0.0224. The molecule has 0 amide bonds. The number of nitro benzene ring substituents is 1. The molecule has 2 aromatic rings. The molecule has 0 radical (unpaired) electrons. The van der Waals surface area contributed by atoms with Crippen molar-refractivity contribution in [3.8, 4) is 11.5 Å². The van der Waals surface area contributed by atoms with E-state index in [2.05, 4.69) is 4.99 Å². The Hall–Kier alpha value is -3.39. The third kappa shape index (κ3) is 3.75.